The molecule has 0 aliphatic heterocycles. The summed E-state index contributed by atoms with van der Waals surface area (Å²) in [7, 11) is 0. The number of aliphatic hydroxyl groups is 5. The Kier molecular flexibility index (Phi) is 24.7. The molecule has 3 aliphatic carbocycles. The Morgan fingerprint density at radius 3 is 1.23 bits per heavy atom. The van der Waals surface area contributed by atoms with Crippen molar-refractivity contribution >= 4 is 106 Å². The first-order valence-corrected chi connectivity index (χ1v) is 34.5. The van der Waals surface area contributed by atoms with Gasteiger partial charge in [0.05, 0.1) is 62.5 Å². The van der Waals surface area contributed by atoms with Crippen LogP contribution in [0, 0.1) is 31.6 Å². The number of aromatic nitrogens is 9. The van der Waals surface area contributed by atoms with Crippen molar-refractivity contribution in [1.82, 2.24) is 44.9 Å². The van der Waals surface area contributed by atoms with Gasteiger partial charge in [0.2, 0.25) is 5.82 Å². The number of hydrogen-bond acceptors (Lipinski definition) is 22. The average Bonchev–Trinajstić information content (AvgIpc) is 1.60. The first-order chi connectivity index (χ1) is 45.8. The van der Waals surface area contributed by atoms with E-state index < -0.39 is 40.5 Å². The van der Waals surface area contributed by atoms with Crippen LogP contribution in [0.5, 0.6) is 0 Å². The molecule has 524 valence electrons. The van der Waals surface area contributed by atoms with E-state index in [1.54, 1.807) is 114 Å². The quantitative estimate of drug-likeness (QED) is 0.0361. The number of nitrogen functional groups attached to an aromatic ring is 1. The summed E-state index contributed by atoms with van der Waals surface area (Å²) in [4.78, 5) is 83.4. The molecule has 2 amide bonds. The number of carboxylic acids is 1. The minimum Gasteiger partial charge on any atom is -0.477 e. The first-order valence-electron chi connectivity index (χ1n) is 32.1. The second-order valence-corrected chi connectivity index (χ2v) is 29.7. The van der Waals surface area contributed by atoms with Crippen LogP contribution in [0.3, 0.4) is 0 Å². The molecular formula is C70H85F3N12O10S3. The number of thiazole rings is 3. The number of aryl methyl sites for hydroxylation is 2. The fourth-order valence-corrected chi connectivity index (χ4v) is 15.6. The number of carbonyl (C=O) groups excluding carboxylic acids is 3. The number of benzene rings is 3. The average molecular weight is 1410 g/mol. The van der Waals surface area contributed by atoms with Crippen LogP contribution >= 0.6 is 34.0 Å². The van der Waals surface area contributed by atoms with Gasteiger partial charge in [0, 0.05) is 89.2 Å². The maximum Gasteiger partial charge on any atom is 0.451 e. The van der Waals surface area contributed by atoms with Crippen LogP contribution in [-0.2, 0) is 27.8 Å². The Morgan fingerprint density at radius 2 is 0.888 bits per heavy atom. The lowest BCUT2D eigenvalue weighted by Crippen LogP contribution is -2.21. The van der Waals surface area contributed by atoms with Gasteiger partial charge in [0.15, 0.2) is 5.69 Å². The van der Waals surface area contributed by atoms with E-state index >= 15 is 0 Å². The van der Waals surface area contributed by atoms with Gasteiger partial charge in [0.25, 0.3) is 11.8 Å². The molecule has 3 saturated carbocycles. The van der Waals surface area contributed by atoms with Crippen LogP contribution in [-0.4, -0.2) is 113 Å². The minimum absolute atomic E-state index is 0. The number of nitrogens with two attached hydrogens (primary N) is 1. The molecule has 6 aromatic heterocycles. The summed E-state index contributed by atoms with van der Waals surface area (Å²) >= 11 is 4.96. The number of carboxylic acid groups (broad SMARTS) is 1. The summed E-state index contributed by atoms with van der Waals surface area (Å²) in [5.74, 6) is -0.366. The van der Waals surface area contributed by atoms with Crippen LogP contribution in [0.25, 0.3) is 30.6 Å². The smallest absolute Gasteiger partial charge is 0.451 e. The fraction of sp³-hybridized carbons (Fsp3) is 0.471. The monoisotopic (exact) mass is 1410 g/mol. The van der Waals surface area contributed by atoms with Gasteiger partial charge in [0.1, 0.15) is 29.3 Å². The minimum atomic E-state index is -4.72. The highest BCUT2D eigenvalue weighted by Gasteiger charge is 2.36. The van der Waals surface area contributed by atoms with Gasteiger partial charge in [-0.3, -0.25) is 9.59 Å². The highest BCUT2D eigenvalue weighted by atomic mass is 32.1. The van der Waals surface area contributed by atoms with E-state index in [1.807, 2.05) is 36.4 Å². The Bertz CT molecular complexity index is 4270. The van der Waals surface area contributed by atoms with Crippen LogP contribution in [0.4, 0.5) is 30.2 Å². The molecule has 6 heterocycles. The number of fused-ring (bicyclic) bond motifs is 3. The molecule has 10 N–H and O–H groups in total. The zero-order valence-corrected chi connectivity index (χ0v) is 57.6. The van der Waals surface area contributed by atoms with Crippen molar-refractivity contribution in [3.05, 3.63) is 139 Å². The number of rotatable bonds is 14. The molecule has 3 aromatic carbocycles. The van der Waals surface area contributed by atoms with Crippen molar-refractivity contribution in [2.45, 2.75) is 181 Å². The number of nitrogens with zero attached hydrogens (tertiary/aromatic N) is 9. The molecule has 98 heavy (non-hydrogen) atoms. The van der Waals surface area contributed by atoms with E-state index in [2.05, 4.69) is 40.5 Å². The zero-order chi connectivity index (χ0) is 70.3. The highest BCUT2D eigenvalue weighted by Crippen LogP contribution is 2.45. The van der Waals surface area contributed by atoms with Gasteiger partial charge in [-0.1, -0.05) is 7.43 Å². The van der Waals surface area contributed by atoms with Gasteiger partial charge in [-0.2, -0.15) is 13.2 Å². The Hall–Kier alpha value is -7.96. The van der Waals surface area contributed by atoms with E-state index in [0.717, 1.165) is 142 Å². The van der Waals surface area contributed by atoms with E-state index in [1.165, 1.54) is 5.01 Å². The van der Waals surface area contributed by atoms with Crippen molar-refractivity contribution in [2.75, 3.05) is 29.6 Å². The molecule has 9 aromatic rings. The fourth-order valence-electron chi connectivity index (χ4n) is 12.1. The maximum atomic E-state index is 12.8. The Morgan fingerprint density at radius 1 is 0.531 bits per heavy atom. The van der Waals surface area contributed by atoms with Crippen LogP contribution in [0.1, 0.15) is 224 Å². The zero-order valence-electron chi connectivity index (χ0n) is 55.1. The summed E-state index contributed by atoms with van der Waals surface area (Å²) in [6.45, 7) is 14.3. The number of alkyl halides is 3. The van der Waals surface area contributed by atoms with E-state index in [-0.39, 0.29) is 43.2 Å². The second-order valence-electron chi connectivity index (χ2n) is 26.5. The molecule has 0 unspecified atom stereocenters. The molecule has 3 aliphatic rings. The molecule has 0 spiro atoms. The van der Waals surface area contributed by atoms with Crippen LogP contribution in [0.2, 0.25) is 0 Å². The van der Waals surface area contributed by atoms with Gasteiger partial charge in [-0.15, -0.1) is 34.0 Å². The maximum absolute atomic E-state index is 12.8. The van der Waals surface area contributed by atoms with Gasteiger partial charge < -0.3 is 51.8 Å². The van der Waals surface area contributed by atoms with Crippen molar-refractivity contribution in [3.8, 4) is 0 Å². The molecule has 0 saturated heterocycles. The lowest BCUT2D eigenvalue weighted by atomic mass is 9.83. The highest BCUT2D eigenvalue weighted by molar-refractivity contribution is 7.19. The third kappa shape index (κ3) is 19.3. The number of amides is 2. The number of carbonyl (C=O) groups is 4. The van der Waals surface area contributed by atoms with Crippen molar-refractivity contribution in [1.29, 1.82) is 0 Å². The Balaban J connectivity index is 0.000000173. The third-order valence-corrected chi connectivity index (χ3v) is 21.0. The molecule has 22 nitrogen and oxygen atoms in total. The predicted octanol–water partition coefficient (Wildman–Crippen LogP) is 13.7. The number of nitrogens with one attached hydrogen (secondary N) is 2. The lowest BCUT2D eigenvalue weighted by Gasteiger charge is -2.25. The summed E-state index contributed by atoms with van der Waals surface area (Å²) in [5.41, 5.74) is 8.92. The number of hydrogen-bond donors (Lipinski definition) is 9. The predicted molar refractivity (Wildman–Crippen MR) is 374 cm³/mol. The van der Waals surface area contributed by atoms with E-state index in [4.69, 9.17) is 25.8 Å². The molecule has 12 rings (SSSR count). The summed E-state index contributed by atoms with van der Waals surface area (Å²) < 4.78 is 38.8. The third-order valence-electron chi connectivity index (χ3n) is 17.5. The van der Waals surface area contributed by atoms with Crippen LogP contribution in [0.15, 0.2) is 73.2 Å². The standard InChI is InChI=1S/C23H28N4O3S.C23H26N4O3S.C17H24N2O2S.C6H3F3N2O2.CH4/c2*1-13-24-9-8-17(25-13)21(29)26-18-11-20-19(10-16(18)23(2,3)30)27-22(31-20)15-6-4-14(12-28)5-7-15;1-17(2,21)12-7-14-15(8-13(12)18)22-16(19-14)11-5-3-10(9-20)4-6-11;7-6(8,9)5-10-2-1-3(11-5)4(12)13;/h8-11,14-15,28,30H,4-7,12H2,1-3H3,(H,26,29);8-12,14-15,30H,4-7H2,1-3H3,(H,26,29);7-8,10-11,20-21H,3-6,9,18H2,1-2H3;1-2H,(H,12,13);1H4. The molecule has 0 radical (unpaired) electrons. The van der Waals surface area contributed by atoms with Crippen molar-refractivity contribution in [3.63, 3.8) is 0 Å². The Labute approximate surface area is 578 Å². The second kappa shape index (κ2) is 31.9. The number of aliphatic hydroxyl groups excluding tert-OH is 2. The van der Waals surface area contributed by atoms with Crippen LogP contribution < -0.4 is 16.4 Å². The number of anilines is 3. The molecule has 3 fully saturated rings. The van der Waals surface area contributed by atoms with Crippen molar-refractivity contribution in [2.24, 2.45) is 17.8 Å². The number of halogens is 3. The molecule has 0 bridgehead atoms. The summed E-state index contributed by atoms with van der Waals surface area (Å²) in [5, 5.41) is 67.8. The molecule has 0 atom stereocenters. The van der Waals surface area contributed by atoms with Crippen molar-refractivity contribution < 1.29 is 63.0 Å². The largest absolute Gasteiger partial charge is 0.477 e. The number of aromatic carboxylic acids is 1. The van der Waals surface area contributed by atoms with Gasteiger partial charge in [-0.25, -0.2) is 49.7 Å². The summed E-state index contributed by atoms with van der Waals surface area (Å²) in [6, 6.07) is 15.4. The lowest BCUT2D eigenvalue weighted by molar-refractivity contribution is -0.145. The van der Waals surface area contributed by atoms with E-state index in [0.29, 0.717) is 76.0 Å². The molecule has 28 heteroatoms. The van der Waals surface area contributed by atoms with E-state index in [9.17, 15) is 57.9 Å². The summed E-state index contributed by atoms with van der Waals surface area (Å²) in [6.07, 6.45) is 12.4. The topological polar surface area (TPSA) is 356 Å². The first kappa shape index (κ1) is 75.8. The SMILES string of the molecule is C.CC(C)(O)c1cc2nc(C3CCC(CO)CC3)sc2cc1N.Cc1nccc(C(=O)Nc2cc3sc(C4CCC(C=O)CC4)nc3cc2C(C)(C)O)n1.Cc1nccc(C(=O)Nc2cc3sc(C4CCC(CO)CC4)nc3cc2C(C)(C)O)n1.O=C(O)c1ccnc(C(F)(F)F)n1. The number of aldehydes is 1. The molecular weight excluding hydrogens is 1320 g/mol. The van der Waals surface area contributed by atoms with Gasteiger partial charge >= 0.3 is 12.1 Å². The normalized spacial score (nSPS) is 19.0. The van der Waals surface area contributed by atoms with Gasteiger partial charge in [-0.05, 0) is 199 Å².